The van der Waals surface area contributed by atoms with Crippen LogP contribution in [0.3, 0.4) is 0 Å². The number of ether oxygens (including phenoxy) is 1. The monoisotopic (exact) mass is 564 g/mol. The Morgan fingerprint density at radius 3 is 2.69 bits per heavy atom. The van der Waals surface area contributed by atoms with E-state index in [1.807, 2.05) is 24.3 Å². The molecule has 2 saturated heterocycles. The highest BCUT2D eigenvalue weighted by molar-refractivity contribution is 8.18. The number of carbonyl (C=O) groups excluding carboxylic acids is 3. The molecule has 202 valence electrons. The predicted octanol–water partition coefficient (Wildman–Crippen LogP) is 4.14. The number of carbonyl (C=O) groups is 3. The number of piperidine rings is 1. The number of thioether (sulfide) groups is 1. The quantitative estimate of drug-likeness (QED) is 0.289. The largest absolute Gasteiger partial charge is 0.495 e. The zero-order chi connectivity index (χ0) is 27.4. The number of thiophene rings is 1. The van der Waals surface area contributed by atoms with Gasteiger partial charge in [-0.25, -0.2) is 15.0 Å². The molecule has 5 heterocycles. The van der Waals surface area contributed by atoms with Gasteiger partial charge in [0, 0.05) is 25.8 Å². The van der Waals surface area contributed by atoms with Gasteiger partial charge in [-0.1, -0.05) is 0 Å². The fourth-order valence-corrected chi connectivity index (χ4v) is 6.02. The minimum absolute atomic E-state index is 0.0548. The third-order valence-corrected chi connectivity index (χ3v) is 8.59. The number of hydrogen-bond acceptors (Lipinski definition) is 11. The van der Waals surface area contributed by atoms with E-state index in [0.29, 0.717) is 29.0 Å². The van der Waals surface area contributed by atoms with Crippen molar-refractivity contribution in [3.63, 3.8) is 0 Å². The molecule has 0 radical (unpaired) electrons. The Kier molecular flexibility index (Phi) is 8.34. The molecular formula is C27H28N6O4S2. The van der Waals surface area contributed by atoms with Crippen LogP contribution in [0, 0.1) is 5.92 Å². The Morgan fingerprint density at radius 2 is 2.00 bits per heavy atom. The molecule has 0 unspecified atom stereocenters. The Hall–Kier alpha value is -3.61. The first-order valence-corrected chi connectivity index (χ1v) is 14.2. The minimum atomic E-state index is -0.397. The van der Waals surface area contributed by atoms with Crippen LogP contribution < -0.4 is 20.3 Å². The summed E-state index contributed by atoms with van der Waals surface area (Å²) in [5.74, 6) is 1.51. The normalized spacial score (nSPS) is 17.1. The van der Waals surface area contributed by atoms with Crippen molar-refractivity contribution in [1.29, 1.82) is 0 Å². The number of methoxy groups -OCH3 is 1. The van der Waals surface area contributed by atoms with Gasteiger partial charge in [0.25, 0.3) is 11.1 Å². The van der Waals surface area contributed by atoms with Crippen LogP contribution >= 0.6 is 23.1 Å². The summed E-state index contributed by atoms with van der Waals surface area (Å²) in [6.07, 6.45) is 5.27. The highest BCUT2D eigenvalue weighted by Gasteiger charge is 2.26. The Morgan fingerprint density at radius 1 is 1.18 bits per heavy atom. The molecule has 2 amide bonds. The lowest BCUT2D eigenvalue weighted by atomic mass is 9.97. The molecule has 5 rings (SSSR count). The maximum atomic E-state index is 11.8. The number of hydrogen-bond donors (Lipinski definition) is 2. The number of pyridine rings is 1. The van der Waals surface area contributed by atoms with Gasteiger partial charge in [0.2, 0.25) is 5.95 Å². The molecule has 12 heteroatoms. The summed E-state index contributed by atoms with van der Waals surface area (Å²) < 4.78 is 5.53. The van der Waals surface area contributed by atoms with Gasteiger partial charge in [0.05, 0.1) is 38.9 Å². The van der Waals surface area contributed by atoms with Gasteiger partial charge in [0.1, 0.15) is 5.75 Å². The van der Waals surface area contributed by atoms with Crippen LogP contribution in [0.15, 0.2) is 41.4 Å². The first kappa shape index (κ1) is 27.0. The van der Waals surface area contributed by atoms with Crippen molar-refractivity contribution < 1.29 is 19.1 Å². The van der Waals surface area contributed by atoms with Gasteiger partial charge in [-0.3, -0.25) is 19.7 Å². The van der Waals surface area contributed by atoms with E-state index in [1.54, 1.807) is 32.4 Å². The van der Waals surface area contributed by atoms with Crippen LogP contribution in [0.1, 0.15) is 40.8 Å². The standard InChI is InChI=1S/C27H28N6O4S2/c1-16(34)22-5-6-23(38-22)19-3-4-21(37-2)20(31-19)15-28-14-17-8-11-33(12-9-17)26-29-10-7-18(30-26)13-24-25(35)32-27(36)39-24/h3-7,10,13,17,28H,8-9,11-12,14-15H2,1-2H3,(H,32,35,36)/b24-13+. The number of Topliss-reactive ketones (excluding diaryl/α,β-unsaturated/α-hetero) is 1. The van der Waals surface area contributed by atoms with Crippen LogP contribution in [0.4, 0.5) is 10.7 Å². The van der Waals surface area contributed by atoms with Crippen LogP contribution in [0.2, 0.25) is 0 Å². The summed E-state index contributed by atoms with van der Waals surface area (Å²) >= 11 is 2.32. The smallest absolute Gasteiger partial charge is 0.290 e. The molecule has 0 bridgehead atoms. The molecule has 10 nitrogen and oxygen atoms in total. The van der Waals surface area contributed by atoms with Crippen molar-refractivity contribution in [3.8, 4) is 16.3 Å². The molecule has 3 aromatic heterocycles. The summed E-state index contributed by atoms with van der Waals surface area (Å²) in [6.45, 7) is 4.66. The highest BCUT2D eigenvalue weighted by atomic mass is 32.2. The summed E-state index contributed by atoms with van der Waals surface area (Å²) in [5.41, 5.74) is 2.26. The first-order chi connectivity index (χ1) is 18.9. The van der Waals surface area contributed by atoms with E-state index in [1.165, 1.54) is 11.3 Å². The van der Waals surface area contributed by atoms with E-state index in [4.69, 9.17) is 9.72 Å². The van der Waals surface area contributed by atoms with E-state index in [-0.39, 0.29) is 11.0 Å². The molecule has 39 heavy (non-hydrogen) atoms. The number of anilines is 1. The van der Waals surface area contributed by atoms with Gasteiger partial charge in [-0.2, -0.15) is 0 Å². The average Bonchev–Trinajstić information content (AvgIpc) is 3.56. The van der Waals surface area contributed by atoms with Crippen LogP contribution in [0.25, 0.3) is 16.6 Å². The second-order valence-electron chi connectivity index (χ2n) is 9.26. The van der Waals surface area contributed by atoms with Gasteiger partial charge in [-0.05, 0) is 80.4 Å². The lowest BCUT2D eigenvalue weighted by Gasteiger charge is -2.32. The SMILES string of the molecule is COc1ccc(-c2ccc(C(C)=O)s2)nc1CNCC1CCN(c2nccc(/C=C3/SC(=O)NC3=O)n2)CC1. The maximum absolute atomic E-state index is 11.8. The summed E-state index contributed by atoms with van der Waals surface area (Å²) in [6, 6.07) is 9.34. The molecule has 2 N–H and O–H groups in total. The number of nitrogens with zero attached hydrogens (tertiary/aromatic N) is 4. The number of aromatic nitrogens is 3. The molecule has 0 aliphatic carbocycles. The lowest BCUT2D eigenvalue weighted by Crippen LogP contribution is -2.38. The van der Waals surface area contributed by atoms with Crippen LogP contribution in [0.5, 0.6) is 5.75 Å². The van der Waals surface area contributed by atoms with E-state index in [2.05, 4.69) is 25.5 Å². The van der Waals surface area contributed by atoms with E-state index >= 15 is 0 Å². The number of amides is 2. The number of imide groups is 1. The van der Waals surface area contributed by atoms with Crippen molar-refractivity contribution in [2.45, 2.75) is 26.3 Å². The van der Waals surface area contributed by atoms with E-state index in [9.17, 15) is 14.4 Å². The molecule has 3 aromatic rings. The van der Waals surface area contributed by atoms with Crippen molar-refractivity contribution in [3.05, 3.63) is 57.7 Å². The molecule has 0 saturated carbocycles. The highest BCUT2D eigenvalue weighted by Crippen LogP contribution is 2.30. The third kappa shape index (κ3) is 6.52. The third-order valence-electron chi connectivity index (χ3n) is 6.57. The average molecular weight is 565 g/mol. The van der Waals surface area contributed by atoms with Crippen molar-refractivity contribution in [2.75, 3.05) is 31.6 Å². The molecular weight excluding hydrogens is 536 g/mol. The molecule has 2 aliphatic rings. The molecule has 2 aliphatic heterocycles. The Balaban J connectivity index is 1.15. The number of ketones is 1. The molecule has 2 fully saturated rings. The zero-order valence-electron chi connectivity index (χ0n) is 21.6. The lowest BCUT2D eigenvalue weighted by molar-refractivity contribution is -0.115. The fourth-order valence-electron chi connectivity index (χ4n) is 4.48. The van der Waals surface area contributed by atoms with Gasteiger partial charge in [0.15, 0.2) is 5.78 Å². The first-order valence-electron chi connectivity index (χ1n) is 12.6. The molecule has 0 spiro atoms. The summed E-state index contributed by atoms with van der Waals surface area (Å²) in [4.78, 5) is 52.9. The van der Waals surface area contributed by atoms with E-state index in [0.717, 1.165) is 71.1 Å². The topological polar surface area (TPSA) is 126 Å². The minimum Gasteiger partial charge on any atom is -0.495 e. The maximum Gasteiger partial charge on any atom is 0.290 e. The summed E-state index contributed by atoms with van der Waals surface area (Å²) in [7, 11) is 1.64. The van der Waals surface area contributed by atoms with Gasteiger partial charge >= 0.3 is 0 Å². The molecule has 0 atom stereocenters. The second-order valence-corrected chi connectivity index (χ2v) is 11.4. The van der Waals surface area contributed by atoms with Gasteiger partial charge < -0.3 is 15.0 Å². The summed E-state index contributed by atoms with van der Waals surface area (Å²) in [5, 5.41) is 5.42. The second kappa shape index (κ2) is 12.1. The van der Waals surface area contributed by atoms with Crippen LogP contribution in [-0.4, -0.2) is 58.6 Å². The van der Waals surface area contributed by atoms with Crippen molar-refractivity contribution >= 4 is 52.1 Å². The Labute approximate surface area is 234 Å². The van der Waals surface area contributed by atoms with Crippen molar-refractivity contribution in [2.24, 2.45) is 5.92 Å². The van der Waals surface area contributed by atoms with Gasteiger partial charge in [-0.15, -0.1) is 11.3 Å². The molecule has 0 aromatic carbocycles. The fraction of sp³-hybridized carbons (Fsp3) is 0.333. The number of nitrogens with one attached hydrogen (secondary N) is 2. The predicted molar refractivity (Wildman–Crippen MR) is 152 cm³/mol. The Bertz CT molecular complexity index is 1430. The van der Waals surface area contributed by atoms with E-state index < -0.39 is 5.91 Å². The number of rotatable bonds is 9. The van der Waals surface area contributed by atoms with Crippen LogP contribution in [-0.2, 0) is 11.3 Å². The van der Waals surface area contributed by atoms with Crippen molar-refractivity contribution in [1.82, 2.24) is 25.6 Å². The zero-order valence-corrected chi connectivity index (χ0v) is 23.2.